The SMILES string of the molecule is CC1CCCC(CNC(=O)c2ccc(Cl)cc2O)C1. The first-order chi connectivity index (χ1) is 9.06. The molecule has 104 valence electrons. The summed E-state index contributed by atoms with van der Waals surface area (Å²) in [4.78, 5) is 12.0. The number of carbonyl (C=O) groups excluding carboxylic acids is 1. The molecule has 0 bridgehead atoms. The summed E-state index contributed by atoms with van der Waals surface area (Å²) in [6, 6.07) is 4.55. The van der Waals surface area contributed by atoms with Crippen LogP contribution in [-0.4, -0.2) is 17.6 Å². The van der Waals surface area contributed by atoms with Crippen molar-refractivity contribution < 1.29 is 9.90 Å². The number of phenols is 1. The molecule has 1 aromatic rings. The first-order valence-corrected chi connectivity index (χ1v) is 7.20. The Morgan fingerprint density at radius 3 is 2.95 bits per heavy atom. The van der Waals surface area contributed by atoms with Crippen molar-refractivity contribution in [2.75, 3.05) is 6.54 Å². The van der Waals surface area contributed by atoms with Gasteiger partial charge in [0.25, 0.3) is 5.91 Å². The minimum atomic E-state index is -0.229. The van der Waals surface area contributed by atoms with E-state index in [0.717, 1.165) is 5.92 Å². The zero-order valence-electron chi connectivity index (χ0n) is 11.2. The van der Waals surface area contributed by atoms with Gasteiger partial charge in [-0.05, 0) is 42.9 Å². The lowest BCUT2D eigenvalue weighted by Gasteiger charge is -2.26. The number of phenolic OH excluding ortho intramolecular Hbond substituents is 1. The molecule has 2 unspecified atom stereocenters. The van der Waals surface area contributed by atoms with Crippen molar-refractivity contribution in [3.8, 4) is 5.75 Å². The second-order valence-corrected chi connectivity index (χ2v) is 5.95. The van der Waals surface area contributed by atoms with E-state index >= 15 is 0 Å². The molecule has 1 aliphatic carbocycles. The monoisotopic (exact) mass is 281 g/mol. The van der Waals surface area contributed by atoms with E-state index in [2.05, 4.69) is 12.2 Å². The van der Waals surface area contributed by atoms with Crippen molar-refractivity contribution in [3.05, 3.63) is 28.8 Å². The summed E-state index contributed by atoms with van der Waals surface area (Å²) in [6.07, 6.45) is 4.89. The fraction of sp³-hybridized carbons (Fsp3) is 0.533. The molecule has 4 heteroatoms. The average Bonchev–Trinajstić information content (AvgIpc) is 2.36. The van der Waals surface area contributed by atoms with E-state index in [1.807, 2.05) is 0 Å². The molecule has 0 spiro atoms. The first kappa shape index (κ1) is 14.2. The summed E-state index contributed by atoms with van der Waals surface area (Å²) in [5.41, 5.74) is 0.285. The molecule has 1 aromatic carbocycles. The standard InChI is InChI=1S/C15H20ClNO2/c1-10-3-2-4-11(7-10)9-17-15(19)13-6-5-12(16)8-14(13)18/h5-6,8,10-11,18H,2-4,7,9H2,1H3,(H,17,19). The van der Waals surface area contributed by atoms with Crippen LogP contribution in [0.2, 0.25) is 5.02 Å². The lowest BCUT2D eigenvalue weighted by atomic mass is 9.82. The normalized spacial score (nSPS) is 23.1. The number of hydrogen-bond acceptors (Lipinski definition) is 2. The third kappa shape index (κ3) is 3.87. The van der Waals surface area contributed by atoms with Crippen LogP contribution < -0.4 is 5.32 Å². The van der Waals surface area contributed by atoms with E-state index < -0.39 is 0 Å². The molecular weight excluding hydrogens is 262 g/mol. The zero-order valence-corrected chi connectivity index (χ0v) is 11.9. The fourth-order valence-electron chi connectivity index (χ4n) is 2.77. The molecule has 2 N–H and O–H groups in total. The molecule has 1 saturated carbocycles. The number of rotatable bonds is 3. The van der Waals surface area contributed by atoms with Crippen molar-refractivity contribution in [3.63, 3.8) is 0 Å². The minimum absolute atomic E-state index is 0.0676. The number of amides is 1. The van der Waals surface area contributed by atoms with Gasteiger partial charge in [0, 0.05) is 11.6 Å². The Hall–Kier alpha value is -1.22. The maximum absolute atomic E-state index is 12.0. The molecule has 0 radical (unpaired) electrons. The van der Waals surface area contributed by atoms with Crippen LogP contribution in [0.15, 0.2) is 18.2 Å². The van der Waals surface area contributed by atoms with Crippen molar-refractivity contribution in [1.29, 1.82) is 0 Å². The molecule has 2 rings (SSSR count). The minimum Gasteiger partial charge on any atom is -0.507 e. The van der Waals surface area contributed by atoms with E-state index in [0.29, 0.717) is 17.5 Å². The van der Waals surface area contributed by atoms with Gasteiger partial charge in [-0.1, -0.05) is 31.4 Å². The summed E-state index contributed by atoms with van der Waals surface area (Å²) < 4.78 is 0. The van der Waals surface area contributed by atoms with E-state index in [1.165, 1.54) is 31.7 Å². The molecule has 0 aromatic heterocycles. The Labute approximate surface area is 119 Å². The van der Waals surface area contributed by atoms with Gasteiger partial charge in [0.05, 0.1) is 5.56 Å². The molecule has 0 aliphatic heterocycles. The van der Waals surface area contributed by atoms with E-state index in [-0.39, 0.29) is 17.2 Å². The van der Waals surface area contributed by atoms with Crippen molar-refractivity contribution in [1.82, 2.24) is 5.32 Å². The molecule has 19 heavy (non-hydrogen) atoms. The Morgan fingerprint density at radius 1 is 1.47 bits per heavy atom. The van der Waals surface area contributed by atoms with Gasteiger partial charge in [0.2, 0.25) is 0 Å². The first-order valence-electron chi connectivity index (χ1n) is 6.83. The third-order valence-corrected chi connectivity index (χ3v) is 4.04. The van der Waals surface area contributed by atoms with Crippen LogP contribution in [0.3, 0.4) is 0 Å². The van der Waals surface area contributed by atoms with E-state index in [1.54, 1.807) is 12.1 Å². The maximum Gasteiger partial charge on any atom is 0.255 e. The molecule has 1 amide bonds. The van der Waals surface area contributed by atoms with Gasteiger partial charge in [0.15, 0.2) is 0 Å². The Bertz CT molecular complexity index is 461. The van der Waals surface area contributed by atoms with Gasteiger partial charge < -0.3 is 10.4 Å². The van der Waals surface area contributed by atoms with Crippen LogP contribution in [0.1, 0.15) is 43.0 Å². The topological polar surface area (TPSA) is 49.3 Å². The highest BCUT2D eigenvalue weighted by Gasteiger charge is 2.20. The smallest absolute Gasteiger partial charge is 0.255 e. The number of aromatic hydroxyl groups is 1. The van der Waals surface area contributed by atoms with Crippen molar-refractivity contribution >= 4 is 17.5 Å². The summed E-state index contributed by atoms with van der Waals surface area (Å²) in [5, 5.41) is 13.0. The molecule has 0 saturated heterocycles. The second-order valence-electron chi connectivity index (χ2n) is 5.51. The zero-order chi connectivity index (χ0) is 13.8. The number of benzene rings is 1. The predicted molar refractivity (Wildman–Crippen MR) is 76.6 cm³/mol. The molecule has 0 heterocycles. The van der Waals surface area contributed by atoms with Crippen LogP contribution in [0, 0.1) is 11.8 Å². The van der Waals surface area contributed by atoms with Gasteiger partial charge >= 0.3 is 0 Å². The average molecular weight is 282 g/mol. The number of carbonyl (C=O) groups is 1. The van der Waals surface area contributed by atoms with Gasteiger partial charge in [-0.25, -0.2) is 0 Å². The molecule has 3 nitrogen and oxygen atoms in total. The molecule has 2 atom stereocenters. The fourth-order valence-corrected chi connectivity index (χ4v) is 2.94. The van der Waals surface area contributed by atoms with Crippen molar-refractivity contribution in [2.45, 2.75) is 32.6 Å². The van der Waals surface area contributed by atoms with Crippen LogP contribution in [0.5, 0.6) is 5.75 Å². The second kappa shape index (κ2) is 6.29. The summed E-state index contributed by atoms with van der Waals surface area (Å²) in [7, 11) is 0. The number of nitrogens with one attached hydrogen (secondary N) is 1. The summed E-state index contributed by atoms with van der Waals surface area (Å²) in [6.45, 7) is 2.95. The highest BCUT2D eigenvalue weighted by Crippen LogP contribution is 2.28. The van der Waals surface area contributed by atoms with Crippen LogP contribution in [-0.2, 0) is 0 Å². The van der Waals surface area contributed by atoms with Gasteiger partial charge in [0.1, 0.15) is 5.75 Å². The van der Waals surface area contributed by atoms with Gasteiger partial charge in [-0.2, -0.15) is 0 Å². The largest absolute Gasteiger partial charge is 0.507 e. The Morgan fingerprint density at radius 2 is 2.26 bits per heavy atom. The third-order valence-electron chi connectivity index (χ3n) is 3.80. The van der Waals surface area contributed by atoms with Gasteiger partial charge in [-0.3, -0.25) is 4.79 Å². The highest BCUT2D eigenvalue weighted by molar-refractivity contribution is 6.30. The quantitative estimate of drug-likeness (QED) is 0.889. The van der Waals surface area contributed by atoms with Crippen LogP contribution in [0.25, 0.3) is 0 Å². The Kier molecular flexibility index (Phi) is 4.70. The van der Waals surface area contributed by atoms with Crippen LogP contribution >= 0.6 is 11.6 Å². The van der Waals surface area contributed by atoms with E-state index in [9.17, 15) is 9.90 Å². The molecule has 1 aliphatic rings. The maximum atomic E-state index is 12.0. The number of hydrogen-bond donors (Lipinski definition) is 2. The lowest BCUT2D eigenvalue weighted by molar-refractivity contribution is 0.0938. The number of halogens is 1. The van der Waals surface area contributed by atoms with E-state index in [4.69, 9.17) is 11.6 Å². The highest BCUT2D eigenvalue weighted by atomic mass is 35.5. The lowest BCUT2D eigenvalue weighted by Crippen LogP contribution is -2.31. The predicted octanol–water partition coefficient (Wildman–Crippen LogP) is 3.60. The van der Waals surface area contributed by atoms with Crippen LogP contribution in [0.4, 0.5) is 0 Å². The molecular formula is C15H20ClNO2. The van der Waals surface area contributed by atoms with Crippen molar-refractivity contribution in [2.24, 2.45) is 11.8 Å². The summed E-state index contributed by atoms with van der Waals surface area (Å²) in [5.74, 6) is 1.01. The van der Waals surface area contributed by atoms with Gasteiger partial charge in [-0.15, -0.1) is 0 Å². The molecule has 1 fully saturated rings. The summed E-state index contributed by atoms with van der Waals surface area (Å²) >= 11 is 5.74. The Balaban J connectivity index is 1.90.